The maximum atomic E-state index is 13.1. The van der Waals surface area contributed by atoms with Crippen LogP contribution in [0.4, 0.5) is 0 Å². The fourth-order valence-electron chi connectivity index (χ4n) is 8.50. The molecule has 8 rings (SSSR count). The van der Waals surface area contributed by atoms with Gasteiger partial charge in [-0.25, -0.2) is 0 Å². The van der Waals surface area contributed by atoms with E-state index in [1.54, 1.807) is 43.3 Å². The fourth-order valence-corrected chi connectivity index (χ4v) is 8.50. The van der Waals surface area contributed by atoms with Crippen molar-refractivity contribution in [3.8, 4) is 0 Å². The summed E-state index contributed by atoms with van der Waals surface area (Å²) < 4.78 is 101. The van der Waals surface area contributed by atoms with E-state index in [1.807, 2.05) is 146 Å². The number of esters is 1. The molecule has 13 atom stereocenters. The van der Waals surface area contributed by atoms with Crippen molar-refractivity contribution in [1.29, 1.82) is 0 Å². The zero-order valence-electron chi connectivity index (χ0n) is 42.7. The van der Waals surface area contributed by atoms with Crippen molar-refractivity contribution in [1.82, 2.24) is 0 Å². The molecule has 4 unspecified atom stereocenters. The van der Waals surface area contributed by atoms with Gasteiger partial charge in [0.2, 0.25) is 0 Å². The summed E-state index contributed by atoms with van der Waals surface area (Å²) in [6.45, 7) is -0.570. The number of hydrogen-bond donors (Lipinski definition) is 0. The Labute approximate surface area is 415 Å². The van der Waals surface area contributed by atoms with Gasteiger partial charge in [-0.1, -0.05) is 182 Å². The molecule has 2 fully saturated rings. The van der Waals surface area contributed by atoms with Gasteiger partial charge in [0.25, 0.3) is 0 Å². The Balaban J connectivity index is 1.18. The summed E-state index contributed by atoms with van der Waals surface area (Å²) in [5.41, 5.74) is 4.32. The van der Waals surface area contributed by atoms with Gasteiger partial charge in [-0.2, -0.15) is 0 Å². The number of hydrogen-bond acceptors (Lipinski definition) is 12. The van der Waals surface area contributed by atoms with E-state index in [0.29, 0.717) is 16.7 Å². The molecule has 0 aromatic heterocycles. The van der Waals surface area contributed by atoms with E-state index >= 15 is 0 Å². The molecule has 6 aromatic carbocycles. The largest absolute Gasteiger partial charge is 0.457 e. The van der Waals surface area contributed by atoms with Gasteiger partial charge < -0.3 is 52.1 Å². The minimum Gasteiger partial charge on any atom is -0.457 e. The van der Waals surface area contributed by atoms with Crippen LogP contribution < -0.4 is 0 Å². The highest BCUT2D eigenvalue weighted by molar-refractivity contribution is 5.66. The molecule has 70 heavy (non-hydrogen) atoms. The SMILES string of the molecule is [2H]C(O[C@H]1[C@H](OC([2H])c2ccccc2)[C@@H](OC([2H])c2ccccc2)C(OC)O[C@@H]1CO[C@@]1(C)O[C@H](COCc2ccccc2)[C@@H](OC(C)=O)[C@H](OCc2ccccc2)[C@H]1OCc1ccccc1)c1ccccc1. The number of benzene rings is 6. The molecule has 0 amide bonds. The van der Waals surface area contributed by atoms with E-state index in [4.69, 9.17) is 53.5 Å². The molecule has 12 nitrogen and oxygen atoms in total. The monoisotopic (exact) mass is 955 g/mol. The Morgan fingerprint density at radius 2 is 0.929 bits per heavy atom. The van der Waals surface area contributed by atoms with Crippen LogP contribution in [0.25, 0.3) is 0 Å². The van der Waals surface area contributed by atoms with Crippen LogP contribution >= 0.6 is 0 Å². The summed E-state index contributed by atoms with van der Waals surface area (Å²) in [6, 6.07) is 56.0. The highest BCUT2D eigenvalue weighted by Gasteiger charge is 2.57. The molecular weight excluding hydrogens is 889 g/mol. The van der Waals surface area contributed by atoms with Gasteiger partial charge >= 0.3 is 5.97 Å². The van der Waals surface area contributed by atoms with Crippen LogP contribution in [0.3, 0.4) is 0 Å². The molecule has 12 heteroatoms. The standard InChI is InChI=1S/C58H64O12/c1-42(59)68-52-50(40-61-34-43-22-10-4-11-23-43)70-58(2,56(66-39-48-32-20-9-21-33-48)54(52)64-37-46-28-16-7-17-29-46)67-41-49-51(62-35-44-24-12-5-13-25-44)53(63-36-45-26-14-6-15-27-45)55(57(60-3)69-49)65-38-47-30-18-8-19-31-47/h4-33,49-57H,34-41H2,1-3H3/t49-,50-,51-,52-,53+,54+,55-,56-,57?,58+/m1/s1/i35D,36D,38D/t35?,36?,38?,49-,50-,51-,52-,53+,54+,55-,56-,57?,58+. The molecule has 0 saturated carbocycles. The second-order valence-corrected chi connectivity index (χ2v) is 17.2. The average molecular weight is 956 g/mol. The van der Waals surface area contributed by atoms with Gasteiger partial charge in [0.15, 0.2) is 18.2 Å². The molecule has 0 radical (unpaired) electrons. The van der Waals surface area contributed by atoms with Crippen LogP contribution in [0.15, 0.2) is 182 Å². The van der Waals surface area contributed by atoms with Crippen LogP contribution in [-0.4, -0.2) is 87.2 Å². The third-order valence-electron chi connectivity index (χ3n) is 12.0. The molecule has 0 aliphatic carbocycles. The lowest BCUT2D eigenvalue weighted by atomic mass is 9.92. The van der Waals surface area contributed by atoms with E-state index in [0.717, 1.165) is 16.7 Å². The minimum atomic E-state index is -1.70. The fraction of sp³-hybridized carbons (Fsp3) is 0.362. The summed E-state index contributed by atoms with van der Waals surface area (Å²) >= 11 is 0. The number of ether oxygens (including phenoxy) is 11. The van der Waals surface area contributed by atoms with Crippen LogP contribution in [0.2, 0.25) is 0 Å². The van der Waals surface area contributed by atoms with E-state index < -0.39 is 86.6 Å². The van der Waals surface area contributed by atoms with Crippen molar-refractivity contribution in [2.75, 3.05) is 20.3 Å². The lowest BCUT2D eigenvalue weighted by Crippen LogP contribution is -2.68. The number of methoxy groups -OCH3 is 1. The smallest absolute Gasteiger partial charge is 0.303 e. The third-order valence-corrected chi connectivity index (χ3v) is 12.0. The summed E-state index contributed by atoms with van der Waals surface area (Å²) in [6.07, 6.45) is -9.90. The number of carbonyl (C=O) groups excluding carboxylic acids is 1. The predicted octanol–water partition coefficient (Wildman–Crippen LogP) is 9.56. The first-order valence-electron chi connectivity index (χ1n) is 25.3. The quantitative estimate of drug-likeness (QED) is 0.0538. The first-order chi connectivity index (χ1) is 35.6. The highest BCUT2D eigenvalue weighted by atomic mass is 16.8. The molecule has 2 aliphatic rings. The zero-order chi connectivity index (χ0) is 51.0. The first-order valence-corrected chi connectivity index (χ1v) is 23.6. The lowest BCUT2D eigenvalue weighted by molar-refractivity contribution is -0.385. The molecule has 2 saturated heterocycles. The van der Waals surface area contributed by atoms with E-state index in [9.17, 15) is 7.54 Å². The van der Waals surface area contributed by atoms with Gasteiger partial charge in [0.1, 0.15) is 42.7 Å². The molecule has 0 spiro atoms. The lowest BCUT2D eigenvalue weighted by Gasteiger charge is -2.51. The Morgan fingerprint density at radius 3 is 1.40 bits per heavy atom. The Bertz CT molecular complexity index is 2520. The Morgan fingerprint density at radius 1 is 0.500 bits per heavy atom. The molecule has 0 N–H and O–H groups in total. The molecule has 0 bridgehead atoms. The second kappa shape index (κ2) is 26.0. The molecule has 368 valence electrons. The molecular formula is C58H64O12. The van der Waals surface area contributed by atoms with Crippen molar-refractivity contribution < 1.29 is 61.0 Å². The van der Waals surface area contributed by atoms with Gasteiger partial charge in [0, 0.05) is 14.0 Å². The van der Waals surface area contributed by atoms with E-state index in [-0.39, 0.29) is 33.0 Å². The van der Waals surface area contributed by atoms with Crippen molar-refractivity contribution in [3.63, 3.8) is 0 Å². The predicted molar refractivity (Wildman–Crippen MR) is 262 cm³/mol. The normalized spacial score (nSPS) is 27.5. The number of carbonyl (C=O) groups is 1. The Hall–Kier alpha value is -5.61. The van der Waals surface area contributed by atoms with Gasteiger partial charge in [-0.05, 0) is 40.3 Å². The summed E-state index contributed by atoms with van der Waals surface area (Å²) in [7, 11) is 1.45. The average Bonchev–Trinajstić information content (AvgIpc) is 3.42. The van der Waals surface area contributed by atoms with Gasteiger partial charge in [0.05, 0.1) is 56.9 Å². The summed E-state index contributed by atoms with van der Waals surface area (Å²) in [4.78, 5) is 13.1. The summed E-state index contributed by atoms with van der Waals surface area (Å²) in [5.74, 6) is -2.26. The number of rotatable bonds is 24. The van der Waals surface area contributed by atoms with Crippen molar-refractivity contribution in [2.45, 2.75) is 114 Å². The van der Waals surface area contributed by atoms with Crippen LogP contribution in [-0.2, 0) is 96.5 Å². The van der Waals surface area contributed by atoms with Crippen molar-refractivity contribution in [3.05, 3.63) is 215 Å². The topological polar surface area (TPSA) is 119 Å². The van der Waals surface area contributed by atoms with Crippen LogP contribution in [0.5, 0.6) is 0 Å². The maximum absolute atomic E-state index is 13.1. The molecule has 2 aliphatic heterocycles. The van der Waals surface area contributed by atoms with E-state index in [2.05, 4.69) is 0 Å². The van der Waals surface area contributed by atoms with E-state index in [1.165, 1.54) is 14.0 Å². The minimum absolute atomic E-state index is 0.0353. The third kappa shape index (κ3) is 14.3. The van der Waals surface area contributed by atoms with Crippen LogP contribution in [0, 0.1) is 0 Å². The van der Waals surface area contributed by atoms with Crippen LogP contribution in [0.1, 0.15) is 51.3 Å². The summed E-state index contributed by atoms with van der Waals surface area (Å²) in [5, 5.41) is 0. The zero-order valence-corrected chi connectivity index (χ0v) is 39.7. The highest BCUT2D eigenvalue weighted by Crippen LogP contribution is 2.39. The Kier molecular flexibility index (Phi) is 17.4. The second-order valence-electron chi connectivity index (χ2n) is 17.2. The van der Waals surface area contributed by atoms with Gasteiger partial charge in [-0.15, -0.1) is 0 Å². The molecule has 2 heterocycles. The molecule has 6 aromatic rings. The maximum Gasteiger partial charge on any atom is 0.303 e. The first kappa shape index (κ1) is 46.8. The van der Waals surface area contributed by atoms with Crippen molar-refractivity contribution >= 4 is 5.97 Å². The van der Waals surface area contributed by atoms with Crippen molar-refractivity contribution in [2.24, 2.45) is 0 Å². The van der Waals surface area contributed by atoms with Gasteiger partial charge in [-0.3, -0.25) is 4.79 Å².